The molecular formula is C14H17N5O2. The highest BCUT2D eigenvalue weighted by molar-refractivity contribution is 5.94. The van der Waals surface area contributed by atoms with Gasteiger partial charge < -0.3 is 25.5 Å². The van der Waals surface area contributed by atoms with Crippen molar-refractivity contribution in [3.63, 3.8) is 0 Å². The number of nitrogens with zero attached hydrogens (tertiary/aromatic N) is 3. The molecule has 7 heteroatoms. The Morgan fingerprint density at radius 2 is 2.43 bits per heavy atom. The molecule has 0 aromatic carbocycles. The molecule has 3 rings (SSSR count). The van der Waals surface area contributed by atoms with Crippen LogP contribution in [0.5, 0.6) is 0 Å². The average molecular weight is 287 g/mol. The van der Waals surface area contributed by atoms with Crippen molar-refractivity contribution < 1.29 is 9.84 Å². The fourth-order valence-corrected chi connectivity index (χ4v) is 2.78. The van der Waals surface area contributed by atoms with E-state index < -0.39 is 12.3 Å². The van der Waals surface area contributed by atoms with Gasteiger partial charge in [0.15, 0.2) is 12.2 Å². The summed E-state index contributed by atoms with van der Waals surface area (Å²) in [7, 11) is 0. The third-order valence-electron chi connectivity index (χ3n) is 4.02. The normalized spacial score (nSPS) is 31.3. The number of aliphatic imine (C=N–C) groups is 1. The van der Waals surface area contributed by atoms with Crippen LogP contribution in [0.3, 0.4) is 0 Å². The topological polar surface area (TPSA) is 109 Å². The molecule has 4 unspecified atom stereocenters. The second kappa shape index (κ2) is 4.91. The first-order chi connectivity index (χ1) is 10.0. The van der Waals surface area contributed by atoms with Crippen molar-refractivity contribution >= 4 is 17.5 Å². The van der Waals surface area contributed by atoms with Crippen LogP contribution in [-0.4, -0.2) is 27.8 Å². The summed E-state index contributed by atoms with van der Waals surface area (Å²) in [4.78, 5) is 4.26. The molecule has 1 aromatic heterocycles. The second-order valence-electron chi connectivity index (χ2n) is 5.34. The van der Waals surface area contributed by atoms with E-state index in [9.17, 15) is 5.11 Å². The largest absolute Gasteiger partial charge is 0.388 e. The van der Waals surface area contributed by atoms with Crippen LogP contribution in [0.25, 0.3) is 5.70 Å². The van der Waals surface area contributed by atoms with E-state index in [1.54, 1.807) is 10.8 Å². The Kier molecular flexibility index (Phi) is 3.20. The molecule has 2 aliphatic rings. The van der Waals surface area contributed by atoms with Crippen LogP contribution in [-0.2, 0) is 4.74 Å². The molecule has 0 radical (unpaired) electrons. The number of nitrogens with two attached hydrogens (primary N) is 1. The number of hydrogen-bond acceptors (Lipinski definition) is 6. The van der Waals surface area contributed by atoms with E-state index in [1.807, 2.05) is 13.0 Å². The van der Waals surface area contributed by atoms with Crippen molar-refractivity contribution in [3.05, 3.63) is 24.4 Å². The van der Waals surface area contributed by atoms with Crippen molar-refractivity contribution in [2.75, 3.05) is 0 Å². The van der Waals surface area contributed by atoms with Crippen LogP contribution < -0.4 is 11.1 Å². The molecule has 2 aliphatic heterocycles. The van der Waals surface area contributed by atoms with Gasteiger partial charge in [0.1, 0.15) is 11.9 Å². The van der Waals surface area contributed by atoms with Crippen molar-refractivity contribution in [3.8, 4) is 6.07 Å². The fraction of sp³-hybridized carbons (Fsp3) is 0.429. The van der Waals surface area contributed by atoms with Crippen molar-refractivity contribution in [2.45, 2.75) is 31.8 Å². The quantitative estimate of drug-likeness (QED) is 0.746. The number of aliphatic hydroxyl groups excluding tert-OH is 1. The Balaban J connectivity index is 1.97. The van der Waals surface area contributed by atoms with Gasteiger partial charge >= 0.3 is 0 Å². The number of fused-ring (bicyclic) bond motifs is 1. The van der Waals surface area contributed by atoms with Gasteiger partial charge in [0.05, 0.1) is 18.6 Å². The zero-order valence-corrected chi connectivity index (χ0v) is 11.7. The first-order valence-electron chi connectivity index (χ1n) is 6.74. The van der Waals surface area contributed by atoms with Gasteiger partial charge in [-0.15, -0.1) is 0 Å². The van der Waals surface area contributed by atoms with E-state index in [-0.39, 0.29) is 24.4 Å². The highest BCUT2D eigenvalue weighted by Crippen LogP contribution is 2.40. The summed E-state index contributed by atoms with van der Waals surface area (Å²) in [5.74, 6) is 0.727. The van der Waals surface area contributed by atoms with Gasteiger partial charge in [-0.25, -0.2) is 0 Å². The van der Waals surface area contributed by atoms with Gasteiger partial charge in [-0.3, -0.25) is 0 Å². The summed E-state index contributed by atoms with van der Waals surface area (Å²) in [5.41, 5.74) is 7.20. The predicted octanol–water partition coefficient (Wildman–Crippen LogP) is 0.816. The molecule has 110 valence electrons. The Morgan fingerprint density at radius 1 is 1.67 bits per heavy atom. The number of aliphatic hydroxyl groups is 1. The van der Waals surface area contributed by atoms with Gasteiger partial charge in [0.2, 0.25) is 0 Å². The van der Waals surface area contributed by atoms with Crippen LogP contribution in [0, 0.1) is 17.2 Å². The Labute approximate surface area is 122 Å². The first-order valence-corrected chi connectivity index (χ1v) is 6.74. The highest BCUT2D eigenvalue weighted by Gasteiger charge is 2.42. The second-order valence-corrected chi connectivity index (χ2v) is 5.34. The summed E-state index contributed by atoms with van der Waals surface area (Å²) >= 11 is 0. The van der Waals surface area contributed by atoms with E-state index >= 15 is 0 Å². The number of hydrogen-bond donors (Lipinski definition) is 3. The van der Waals surface area contributed by atoms with Crippen molar-refractivity contribution in [1.82, 2.24) is 9.88 Å². The summed E-state index contributed by atoms with van der Waals surface area (Å²) in [6, 6.07) is 3.93. The maximum absolute atomic E-state index is 10.4. The zero-order chi connectivity index (χ0) is 15.1. The lowest BCUT2D eigenvalue weighted by Gasteiger charge is -2.21. The lowest BCUT2D eigenvalue weighted by molar-refractivity contribution is -0.0342. The third kappa shape index (κ3) is 2.09. The monoisotopic (exact) mass is 287 g/mol. The molecule has 4 N–H and O–H groups in total. The maximum atomic E-state index is 10.4. The molecule has 0 amide bonds. The predicted molar refractivity (Wildman–Crippen MR) is 77.2 cm³/mol. The van der Waals surface area contributed by atoms with E-state index in [2.05, 4.69) is 23.0 Å². The fourth-order valence-electron chi connectivity index (χ4n) is 2.78. The Bertz CT molecular complexity index is 657. The summed E-state index contributed by atoms with van der Waals surface area (Å²) < 4.78 is 7.58. The Morgan fingerprint density at radius 3 is 3.14 bits per heavy atom. The standard InChI is InChI=1S/C14H17N5O2/c1-7-10(3-5-15)21-13(11(7)20)19-6-4-9-8(2)17-14(16)18-12(9)19/h4,6-7,10-11,13,20H,2-3H2,1H3,(H3,16,17,18). The number of guanidine groups is 1. The molecule has 4 atom stereocenters. The maximum Gasteiger partial charge on any atom is 0.199 e. The summed E-state index contributed by atoms with van der Waals surface area (Å²) in [6.45, 7) is 5.77. The molecule has 1 aromatic rings. The van der Waals surface area contributed by atoms with Crippen LogP contribution in [0.4, 0.5) is 5.82 Å². The highest BCUT2D eigenvalue weighted by atomic mass is 16.5. The van der Waals surface area contributed by atoms with E-state index in [1.165, 1.54) is 0 Å². The molecule has 0 saturated carbocycles. The van der Waals surface area contributed by atoms with Gasteiger partial charge in [-0.2, -0.15) is 10.3 Å². The molecule has 21 heavy (non-hydrogen) atoms. The van der Waals surface area contributed by atoms with Gasteiger partial charge in [0, 0.05) is 23.4 Å². The van der Waals surface area contributed by atoms with Crippen molar-refractivity contribution in [1.29, 1.82) is 5.26 Å². The lowest BCUT2D eigenvalue weighted by atomic mass is 9.99. The van der Waals surface area contributed by atoms with Crippen LogP contribution in [0.15, 0.2) is 23.8 Å². The number of rotatable bonds is 2. The van der Waals surface area contributed by atoms with Crippen LogP contribution in [0.2, 0.25) is 0 Å². The molecule has 0 bridgehead atoms. The SMILES string of the molecule is C=C1NC(N)=Nc2c1ccn2C1OC(CC#N)C(C)C1O. The van der Waals surface area contributed by atoms with Gasteiger partial charge in [-0.05, 0) is 6.07 Å². The minimum atomic E-state index is -0.709. The molecule has 0 spiro atoms. The molecule has 3 heterocycles. The molecular weight excluding hydrogens is 270 g/mol. The van der Waals surface area contributed by atoms with Gasteiger partial charge in [-0.1, -0.05) is 13.5 Å². The minimum absolute atomic E-state index is 0.126. The number of ether oxygens (including phenoxy) is 1. The first kappa shape index (κ1) is 13.7. The number of nitriles is 1. The lowest BCUT2D eigenvalue weighted by Crippen LogP contribution is -2.32. The smallest absolute Gasteiger partial charge is 0.199 e. The van der Waals surface area contributed by atoms with Crippen molar-refractivity contribution in [2.24, 2.45) is 16.6 Å². The minimum Gasteiger partial charge on any atom is -0.388 e. The summed E-state index contributed by atoms with van der Waals surface area (Å²) in [6.07, 6.45) is 0.454. The molecule has 7 nitrogen and oxygen atoms in total. The molecule has 1 fully saturated rings. The van der Waals surface area contributed by atoms with E-state index in [0.29, 0.717) is 11.5 Å². The van der Waals surface area contributed by atoms with Gasteiger partial charge in [0.25, 0.3) is 0 Å². The zero-order valence-electron chi connectivity index (χ0n) is 11.7. The third-order valence-corrected chi connectivity index (χ3v) is 4.02. The Hall–Kier alpha value is -2.30. The summed E-state index contributed by atoms with van der Waals surface area (Å²) in [5, 5.41) is 22.1. The van der Waals surface area contributed by atoms with Crippen LogP contribution >= 0.6 is 0 Å². The average Bonchev–Trinajstić information content (AvgIpc) is 2.96. The van der Waals surface area contributed by atoms with E-state index in [0.717, 1.165) is 5.56 Å². The molecule has 1 saturated heterocycles. The van der Waals surface area contributed by atoms with Crippen LogP contribution in [0.1, 0.15) is 25.1 Å². The molecule has 0 aliphatic carbocycles. The number of nitrogens with one attached hydrogen (secondary N) is 1. The van der Waals surface area contributed by atoms with E-state index in [4.69, 9.17) is 15.7 Å². The number of aromatic nitrogens is 1.